The van der Waals surface area contributed by atoms with Gasteiger partial charge in [0.2, 0.25) is 0 Å². The van der Waals surface area contributed by atoms with Crippen molar-refractivity contribution in [3.63, 3.8) is 0 Å². The summed E-state index contributed by atoms with van der Waals surface area (Å²) in [5, 5.41) is 0. The maximum atomic E-state index is 9.55. The third-order valence-electron chi connectivity index (χ3n) is 0.909. The van der Waals surface area contributed by atoms with Crippen LogP contribution in [-0.4, -0.2) is 23.8 Å². The van der Waals surface area contributed by atoms with Gasteiger partial charge in [-0.2, -0.15) is 0 Å². The molecule has 0 aromatic carbocycles. The monoisotopic (exact) mass is 182 g/mol. The molecule has 0 radical (unpaired) electrons. The third-order valence-corrected chi connectivity index (χ3v) is 2.73. The first-order valence-corrected chi connectivity index (χ1v) is 6.18. The average Bonchev–Trinajstić information content (AvgIpc) is 1.53. The second-order valence-electron chi connectivity index (χ2n) is 3.23. The van der Waals surface area contributed by atoms with Gasteiger partial charge in [-0.15, -0.1) is 0 Å². The second-order valence-corrected chi connectivity index (χ2v) is 5.50. The van der Waals surface area contributed by atoms with Gasteiger partial charge in [0.25, 0.3) is 0 Å². The van der Waals surface area contributed by atoms with Gasteiger partial charge in [0, 0.05) is 0 Å². The Kier molecular flexibility index (Phi) is 4.49. The van der Waals surface area contributed by atoms with E-state index in [0.29, 0.717) is 0 Å². The third kappa shape index (κ3) is 6.70. The predicted molar refractivity (Wildman–Crippen MR) is 48.9 cm³/mol. The Bertz CT molecular complexity index is 100. The Hall–Kier alpha value is 0.310. The minimum absolute atomic E-state index is 0.0235. The molecule has 0 unspecified atom stereocenters. The van der Waals surface area contributed by atoms with Crippen LogP contribution in [0.5, 0.6) is 0 Å². The van der Waals surface area contributed by atoms with Crippen LogP contribution < -0.4 is 0 Å². The number of hydrogen-bond acceptors (Lipinski definition) is 3. The molecule has 0 saturated heterocycles. The average molecular weight is 182 g/mol. The summed E-state index contributed by atoms with van der Waals surface area (Å²) in [6.45, 7) is 9.15. The van der Waals surface area contributed by atoms with Gasteiger partial charge in [0.1, 0.15) is 0 Å². The topological polar surface area (TPSA) is 38.7 Å². The van der Waals surface area contributed by atoms with Gasteiger partial charge in [-0.05, 0) is 0 Å². The molecule has 1 N–H and O–H groups in total. The van der Waals surface area contributed by atoms with Gasteiger partial charge in [-0.25, -0.2) is 0 Å². The van der Waals surface area contributed by atoms with Gasteiger partial charge >= 0.3 is 68.5 Å². The van der Waals surface area contributed by atoms with E-state index in [1.54, 1.807) is 6.66 Å². The zero-order chi connectivity index (χ0) is 9.07. The van der Waals surface area contributed by atoms with Crippen LogP contribution in [0.3, 0.4) is 0 Å². The van der Waals surface area contributed by atoms with E-state index >= 15 is 0 Å². The fourth-order valence-electron chi connectivity index (χ4n) is 0.902. The minimum atomic E-state index is -2.83. The van der Waals surface area contributed by atoms with E-state index in [4.69, 9.17) is 9.05 Å². The van der Waals surface area contributed by atoms with Crippen molar-refractivity contribution in [2.75, 3.05) is 6.66 Å². The van der Waals surface area contributed by atoms with Crippen molar-refractivity contribution in [1.29, 1.82) is 0 Å². The van der Waals surface area contributed by atoms with Crippen molar-refractivity contribution < 1.29 is 13.9 Å². The summed E-state index contributed by atoms with van der Waals surface area (Å²) in [5.41, 5.74) is 0. The van der Waals surface area contributed by atoms with E-state index < -0.39 is 7.94 Å². The van der Waals surface area contributed by atoms with Crippen molar-refractivity contribution >= 4 is 7.94 Å². The zero-order valence-electron chi connectivity index (χ0n) is 7.92. The van der Waals surface area contributed by atoms with Crippen molar-refractivity contribution in [3.05, 3.63) is 0 Å². The summed E-state index contributed by atoms with van der Waals surface area (Å²) in [5.74, 6) is 0. The van der Waals surface area contributed by atoms with Gasteiger partial charge < -0.3 is 0 Å². The molecule has 3 nitrogen and oxygen atoms in total. The Balaban J connectivity index is 3.79. The summed E-state index contributed by atoms with van der Waals surface area (Å²) in [6.07, 6.45) is 0.0471. The van der Waals surface area contributed by atoms with Crippen LogP contribution in [0.2, 0.25) is 0 Å². The van der Waals surface area contributed by atoms with Crippen molar-refractivity contribution in [1.82, 2.24) is 0 Å². The van der Waals surface area contributed by atoms with Crippen LogP contribution in [0, 0.1) is 0 Å². The summed E-state index contributed by atoms with van der Waals surface area (Å²) >= 11 is 0. The Morgan fingerprint density at radius 2 is 1.27 bits per heavy atom. The SMILES string of the molecule is CC(C)O[PH](C)(O)OC(C)C. The van der Waals surface area contributed by atoms with Crippen LogP contribution in [0.1, 0.15) is 27.7 Å². The molecule has 0 bridgehead atoms. The van der Waals surface area contributed by atoms with E-state index in [9.17, 15) is 4.89 Å². The quantitative estimate of drug-likeness (QED) is 0.675. The molecule has 0 aliphatic rings. The molecule has 0 aliphatic carbocycles. The number of rotatable bonds is 4. The molecule has 11 heavy (non-hydrogen) atoms. The molecule has 0 aromatic rings. The van der Waals surface area contributed by atoms with Crippen LogP contribution in [0.25, 0.3) is 0 Å². The normalized spacial score (nSPS) is 14.5. The summed E-state index contributed by atoms with van der Waals surface area (Å²) in [4.78, 5) is 9.55. The molecule has 0 rings (SSSR count). The van der Waals surface area contributed by atoms with E-state index in [2.05, 4.69) is 0 Å². The Morgan fingerprint density at radius 1 is 1.00 bits per heavy atom. The molecule has 0 amide bonds. The molecule has 0 saturated carbocycles. The van der Waals surface area contributed by atoms with E-state index in [1.165, 1.54) is 0 Å². The van der Waals surface area contributed by atoms with Gasteiger partial charge in [-0.1, -0.05) is 0 Å². The van der Waals surface area contributed by atoms with Crippen LogP contribution in [0.15, 0.2) is 0 Å². The molecule has 0 aliphatic heterocycles. The number of hydrogen-bond donors (Lipinski definition) is 1. The molecule has 0 atom stereocenters. The first kappa shape index (κ1) is 11.3. The Morgan fingerprint density at radius 3 is 1.45 bits per heavy atom. The molecule has 0 fully saturated rings. The van der Waals surface area contributed by atoms with E-state index in [-0.39, 0.29) is 12.2 Å². The maximum absolute atomic E-state index is 9.55. The summed E-state index contributed by atoms with van der Waals surface area (Å²) in [7, 11) is -2.83. The van der Waals surface area contributed by atoms with E-state index in [1.807, 2.05) is 27.7 Å². The van der Waals surface area contributed by atoms with E-state index in [0.717, 1.165) is 0 Å². The molecule has 0 heterocycles. The predicted octanol–water partition coefficient (Wildman–Crippen LogP) is 1.95. The first-order valence-electron chi connectivity index (χ1n) is 3.91. The summed E-state index contributed by atoms with van der Waals surface area (Å²) < 4.78 is 10.4. The molecule has 70 valence electrons. The van der Waals surface area contributed by atoms with Crippen LogP contribution in [-0.2, 0) is 9.05 Å². The van der Waals surface area contributed by atoms with Gasteiger partial charge in [0.05, 0.1) is 0 Å². The van der Waals surface area contributed by atoms with Crippen LogP contribution >= 0.6 is 7.94 Å². The standard InChI is InChI=1S/C7H19O3P/c1-6(2)9-11(5,8)10-7(3)4/h6-8,11H,1-5H3. The van der Waals surface area contributed by atoms with Crippen molar-refractivity contribution in [2.45, 2.75) is 39.9 Å². The van der Waals surface area contributed by atoms with Crippen molar-refractivity contribution in [2.24, 2.45) is 0 Å². The first-order chi connectivity index (χ1) is 4.83. The van der Waals surface area contributed by atoms with Gasteiger partial charge in [-0.3, -0.25) is 0 Å². The fourth-order valence-corrected chi connectivity index (χ4v) is 2.71. The van der Waals surface area contributed by atoms with Crippen molar-refractivity contribution in [3.8, 4) is 0 Å². The molecule has 0 spiro atoms. The van der Waals surface area contributed by atoms with Crippen LogP contribution in [0.4, 0.5) is 0 Å². The summed E-state index contributed by atoms with van der Waals surface area (Å²) in [6, 6.07) is 0. The molecule has 0 aromatic heterocycles. The fraction of sp³-hybridized carbons (Fsp3) is 1.00. The second kappa shape index (κ2) is 4.36. The molecule has 4 heteroatoms. The van der Waals surface area contributed by atoms with Gasteiger partial charge in [0.15, 0.2) is 0 Å². The molecular weight excluding hydrogens is 163 g/mol. The zero-order valence-corrected chi connectivity index (χ0v) is 8.92. The Labute approximate surface area is 69.3 Å². The molecular formula is C7H19O3P.